The van der Waals surface area contributed by atoms with E-state index in [0.717, 1.165) is 17.7 Å². The van der Waals surface area contributed by atoms with E-state index in [9.17, 15) is 9.59 Å². The fourth-order valence-corrected chi connectivity index (χ4v) is 4.70. The van der Waals surface area contributed by atoms with Crippen molar-refractivity contribution < 1.29 is 14.3 Å². The maximum Gasteiger partial charge on any atom is 0.410 e. The van der Waals surface area contributed by atoms with Crippen LogP contribution in [0.4, 0.5) is 4.79 Å². The van der Waals surface area contributed by atoms with Crippen molar-refractivity contribution in [2.75, 3.05) is 13.1 Å². The maximum atomic E-state index is 13.1. The summed E-state index contributed by atoms with van der Waals surface area (Å²) in [5, 5.41) is 7.42. The van der Waals surface area contributed by atoms with E-state index in [1.807, 2.05) is 63.1 Å². The molecule has 1 aromatic carbocycles. The molecule has 2 aromatic rings. The molecule has 7 nitrogen and oxygen atoms in total. The highest BCUT2D eigenvalue weighted by molar-refractivity contribution is 5.95. The summed E-state index contributed by atoms with van der Waals surface area (Å²) in [7, 11) is 1.86. The summed E-state index contributed by atoms with van der Waals surface area (Å²) in [5.41, 5.74) is 2.06. The molecule has 1 N–H and O–H groups in total. The first-order chi connectivity index (χ1) is 15.2. The lowest BCUT2D eigenvalue weighted by Crippen LogP contribution is -2.47. The van der Waals surface area contributed by atoms with Gasteiger partial charge >= 0.3 is 6.09 Å². The van der Waals surface area contributed by atoms with E-state index in [-0.39, 0.29) is 18.0 Å². The summed E-state index contributed by atoms with van der Waals surface area (Å²) in [6, 6.07) is 10.0. The zero-order chi connectivity index (χ0) is 22.9. The molecule has 2 atom stereocenters. The lowest BCUT2D eigenvalue weighted by molar-refractivity contribution is 0.0202. The summed E-state index contributed by atoms with van der Waals surface area (Å²) >= 11 is 0. The first kappa shape index (κ1) is 22.4. The van der Waals surface area contributed by atoms with Crippen molar-refractivity contribution >= 4 is 12.0 Å². The minimum absolute atomic E-state index is 0.0319. The van der Waals surface area contributed by atoms with Gasteiger partial charge < -0.3 is 15.0 Å². The number of hydrogen-bond acceptors (Lipinski definition) is 4. The highest BCUT2D eigenvalue weighted by Gasteiger charge is 2.45. The topological polar surface area (TPSA) is 76.5 Å². The third kappa shape index (κ3) is 5.14. The van der Waals surface area contributed by atoms with Gasteiger partial charge in [-0.3, -0.25) is 9.48 Å². The second kappa shape index (κ2) is 8.96. The Morgan fingerprint density at radius 3 is 2.53 bits per heavy atom. The van der Waals surface area contributed by atoms with Crippen molar-refractivity contribution in [3.05, 3.63) is 53.3 Å². The largest absolute Gasteiger partial charge is 0.444 e. The summed E-state index contributed by atoms with van der Waals surface area (Å²) in [6.45, 7) is 6.76. The number of likely N-dealkylation sites (tertiary alicyclic amines) is 1. The van der Waals surface area contributed by atoms with Crippen LogP contribution >= 0.6 is 0 Å². The number of nitrogens with zero attached hydrogens (tertiary/aromatic N) is 3. The number of amides is 2. The number of carbonyl (C=O) groups is 2. The van der Waals surface area contributed by atoms with Crippen LogP contribution in [0, 0.1) is 11.8 Å². The zero-order valence-electron chi connectivity index (χ0n) is 19.5. The molecule has 4 rings (SSSR count). The molecule has 172 valence electrons. The van der Waals surface area contributed by atoms with E-state index < -0.39 is 5.60 Å². The van der Waals surface area contributed by atoms with Gasteiger partial charge in [0.15, 0.2) is 0 Å². The zero-order valence-corrected chi connectivity index (χ0v) is 19.5. The van der Waals surface area contributed by atoms with Crippen molar-refractivity contribution in [1.29, 1.82) is 0 Å². The Kier molecular flexibility index (Phi) is 6.26. The molecule has 2 unspecified atom stereocenters. The highest BCUT2D eigenvalue weighted by Crippen LogP contribution is 2.44. The van der Waals surface area contributed by atoms with Gasteiger partial charge in [0.25, 0.3) is 5.91 Å². The maximum absolute atomic E-state index is 13.1. The Balaban J connectivity index is 1.45. The van der Waals surface area contributed by atoms with Crippen molar-refractivity contribution in [3.8, 4) is 0 Å². The molecule has 32 heavy (non-hydrogen) atoms. The smallest absolute Gasteiger partial charge is 0.410 e. The number of nitrogens with one attached hydrogen (secondary N) is 1. The standard InChI is InChI=1S/C25H34N4O3/c1-25(2,3)32-24(31)29-13-12-19(18-10-11-18)22(29)16-26-23(30)20-15-27-28(4)21(20)14-17-8-6-5-7-9-17/h5-9,15,18-19,22H,10-14,16H2,1-4H3,(H,26,30). The van der Waals surface area contributed by atoms with E-state index in [4.69, 9.17) is 4.74 Å². The predicted molar refractivity (Wildman–Crippen MR) is 122 cm³/mol. The van der Waals surface area contributed by atoms with Gasteiger partial charge in [0.1, 0.15) is 5.60 Å². The minimum atomic E-state index is -0.537. The third-order valence-corrected chi connectivity index (χ3v) is 6.45. The van der Waals surface area contributed by atoms with Crippen LogP contribution in [-0.2, 0) is 18.2 Å². The number of ether oxygens (including phenoxy) is 1. The summed E-state index contributed by atoms with van der Waals surface area (Å²) < 4.78 is 7.40. The Bertz CT molecular complexity index is 959. The average Bonchev–Trinajstić information content (AvgIpc) is 3.39. The first-order valence-corrected chi connectivity index (χ1v) is 11.6. The number of rotatable bonds is 6. The van der Waals surface area contributed by atoms with Crippen molar-refractivity contribution in [3.63, 3.8) is 0 Å². The second-order valence-corrected chi connectivity index (χ2v) is 10.0. The van der Waals surface area contributed by atoms with Crippen LogP contribution < -0.4 is 5.32 Å². The monoisotopic (exact) mass is 438 g/mol. The Hall–Kier alpha value is -2.83. The van der Waals surface area contributed by atoms with E-state index >= 15 is 0 Å². The van der Waals surface area contributed by atoms with E-state index in [2.05, 4.69) is 10.4 Å². The summed E-state index contributed by atoms with van der Waals surface area (Å²) in [6.07, 6.45) is 5.37. The third-order valence-electron chi connectivity index (χ3n) is 6.45. The quantitative estimate of drug-likeness (QED) is 0.745. The van der Waals surface area contributed by atoms with Gasteiger partial charge in [-0.05, 0) is 57.4 Å². The average molecular weight is 439 g/mol. The molecule has 0 radical (unpaired) electrons. The van der Waals surface area contributed by atoms with Crippen LogP contribution in [-0.4, -0.2) is 51.4 Å². The first-order valence-electron chi connectivity index (χ1n) is 11.6. The lowest BCUT2D eigenvalue weighted by Gasteiger charge is -2.31. The molecule has 2 aliphatic rings. The molecule has 2 heterocycles. The molecule has 2 fully saturated rings. The molecular weight excluding hydrogens is 404 g/mol. The van der Waals surface area contributed by atoms with Gasteiger partial charge in [-0.2, -0.15) is 5.10 Å². The van der Waals surface area contributed by atoms with E-state index in [1.165, 1.54) is 12.8 Å². The number of hydrogen-bond donors (Lipinski definition) is 1. The van der Waals surface area contributed by atoms with Crippen LogP contribution in [0.1, 0.15) is 61.6 Å². The van der Waals surface area contributed by atoms with E-state index in [1.54, 1.807) is 10.9 Å². The molecule has 1 aromatic heterocycles. The molecular formula is C25H34N4O3. The fraction of sp³-hybridized carbons (Fsp3) is 0.560. The molecule has 1 aliphatic carbocycles. The Labute approximate surface area is 190 Å². The fourth-order valence-electron chi connectivity index (χ4n) is 4.70. The van der Waals surface area contributed by atoms with Crippen LogP contribution in [0.2, 0.25) is 0 Å². The minimum Gasteiger partial charge on any atom is -0.444 e. The van der Waals surface area contributed by atoms with Gasteiger partial charge in [0, 0.05) is 26.6 Å². The number of benzene rings is 1. The number of carbonyl (C=O) groups excluding carboxylic acids is 2. The Morgan fingerprint density at radius 1 is 1.16 bits per heavy atom. The van der Waals surface area contributed by atoms with Crippen LogP contribution in [0.15, 0.2) is 36.5 Å². The van der Waals surface area contributed by atoms with Crippen molar-refractivity contribution in [1.82, 2.24) is 20.0 Å². The Morgan fingerprint density at radius 2 is 1.88 bits per heavy atom. The molecule has 0 bridgehead atoms. The van der Waals surface area contributed by atoms with Gasteiger partial charge in [-0.1, -0.05) is 30.3 Å². The van der Waals surface area contributed by atoms with Gasteiger partial charge in [0.05, 0.1) is 23.5 Å². The van der Waals surface area contributed by atoms with E-state index in [0.29, 0.717) is 36.9 Å². The van der Waals surface area contributed by atoms with Crippen LogP contribution in [0.5, 0.6) is 0 Å². The molecule has 0 spiro atoms. The van der Waals surface area contributed by atoms with Gasteiger partial charge in [-0.25, -0.2) is 4.79 Å². The summed E-state index contributed by atoms with van der Waals surface area (Å²) in [4.78, 5) is 27.8. The summed E-state index contributed by atoms with van der Waals surface area (Å²) in [5.74, 6) is 0.923. The second-order valence-electron chi connectivity index (χ2n) is 10.0. The van der Waals surface area contributed by atoms with Crippen LogP contribution in [0.3, 0.4) is 0 Å². The molecule has 1 aliphatic heterocycles. The lowest BCUT2D eigenvalue weighted by atomic mass is 9.95. The molecule has 2 amide bonds. The normalized spacial score (nSPS) is 20.9. The molecule has 1 saturated heterocycles. The number of aryl methyl sites for hydroxylation is 1. The van der Waals surface area contributed by atoms with Crippen molar-refractivity contribution in [2.24, 2.45) is 18.9 Å². The van der Waals surface area contributed by atoms with Crippen molar-refractivity contribution in [2.45, 2.75) is 58.1 Å². The van der Waals surface area contributed by atoms with Crippen LogP contribution in [0.25, 0.3) is 0 Å². The predicted octanol–water partition coefficient (Wildman–Crippen LogP) is 3.78. The van der Waals surface area contributed by atoms with Gasteiger partial charge in [0.2, 0.25) is 0 Å². The SMILES string of the molecule is Cn1ncc(C(=O)NCC2C(C3CC3)CCN2C(=O)OC(C)(C)C)c1Cc1ccccc1. The molecule has 1 saturated carbocycles. The number of aromatic nitrogens is 2. The van der Waals surface area contributed by atoms with Gasteiger partial charge in [-0.15, -0.1) is 0 Å². The highest BCUT2D eigenvalue weighted by atomic mass is 16.6. The molecule has 7 heteroatoms.